The van der Waals surface area contributed by atoms with Crippen LogP contribution in [-0.4, -0.2) is 13.3 Å². The number of hydrogen-bond acceptors (Lipinski definition) is 1. The Morgan fingerprint density at radius 3 is 2.58 bits per heavy atom. The molecule has 0 saturated carbocycles. The zero-order valence-corrected chi connectivity index (χ0v) is 8.01. The first-order chi connectivity index (χ1) is 5.76. The van der Waals surface area contributed by atoms with Crippen LogP contribution < -0.4 is 0 Å². The lowest BCUT2D eigenvalue weighted by Gasteiger charge is -2.03. The second kappa shape index (κ2) is 6.59. The average molecular weight is 163 g/mol. The summed E-state index contributed by atoms with van der Waals surface area (Å²) in [4.78, 5) is 3.92. The van der Waals surface area contributed by atoms with Crippen molar-refractivity contribution in [3.05, 3.63) is 36.5 Å². The van der Waals surface area contributed by atoms with Crippen LogP contribution in [-0.2, 0) is 0 Å². The van der Waals surface area contributed by atoms with Gasteiger partial charge in [0.1, 0.15) is 0 Å². The Kier molecular flexibility index (Phi) is 5.98. The first-order valence-electron chi connectivity index (χ1n) is 4.19. The summed E-state index contributed by atoms with van der Waals surface area (Å²) in [5, 5.41) is 0. The summed E-state index contributed by atoms with van der Waals surface area (Å²) in [6.45, 7) is 9.73. The highest BCUT2D eigenvalue weighted by molar-refractivity contribution is 5.83. The van der Waals surface area contributed by atoms with E-state index in [1.165, 1.54) is 5.57 Å². The minimum atomic E-state index is 0.985. The monoisotopic (exact) mass is 163 g/mol. The third-order valence-electron chi connectivity index (χ3n) is 1.54. The maximum Gasteiger partial charge on any atom is 0.0278 e. The summed E-state index contributed by atoms with van der Waals surface area (Å²) in [5.41, 5.74) is 2.21. The van der Waals surface area contributed by atoms with Crippen molar-refractivity contribution in [3.8, 4) is 0 Å². The average Bonchev–Trinajstić information content (AvgIpc) is 2.04. The second-order valence-electron chi connectivity index (χ2n) is 2.59. The Bertz CT molecular complexity index is 209. The Balaban J connectivity index is 4.39. The molecule has 0 aliphatic rings. The summed E-state index contributed by atoms with van der Waals surface area (Å²) in [6, 6.07) is 0. The molecule has 12 heavy (non-hydrogen) atoms. The molecule has 0 unspecified atom stereocenters. The molecule has 0 fully saturated rings. The van der Waals surface area contributed by atoms with Crippen LogP contribution in [0.15, 0.2) is 41.4 Å². The maximum atomic E-state index is 3.92. The van der Waals surface area contributed by atoms with E-state index in [0.29, 0.717) is 0 Å². The molecule has 0 N–H and O–H groups in total. The Morgan fingerprint density at radius 1 is 1.50 bits per heavy atom. The van der Waals surface area contributed by atoms with E-state index in [1.54, 1.807) is 19.3 Å². The lowest BCUT2D eigenvalue weighted by Crippen LogP contribution is -1.89. The van der Waals surface area contributed by atoms with Crippen LogP contribution >= 0.6 is 0 Å². The van der Waals surface area contributed by atoms with E-state index in [-0.39, 0.29) is 0 Å². The SMILES string of the molecule is C=C/C=C(/CCC)C(=C)/C=N\C. The maximum absolute atomic E-state index is 3.92. The number of rotatable bonds is 5. The molecule has 0 spiro atoms. The summed E-state index contributed by atoms with van der Waals surface area (Å²) in [5.74, 6) is 0. The van der Waals surface area contributed by atoms with E-state index in [0.717, 1.165) is 18.4 Å². The molecule has 1 heteroatoms. The van der Waals surface area contributed by atoms with Crippen molar-refractivity contribution in [2.75, 3.05) is 7.05 Å². The van der Waals surface area contributed by atoms with Gasteiger partial charge in [-0.2, -0.15) is 0 Å². The largest absolute Gasteiger partial charge is 0.296 e. The van der Waals surface area contributed by atoms with Gasteiger partial charge in [0, 0.05) is 13.3 Å². The molecular weight excluding hydrogens is 146 g/mol. The summed E-state index contributed by atoms with van der Waals surface area (Å²) in [7, 11) is 1.75. The second-order valence-corrected chi connectivity index (χ2v) is 2.59. The predicted octanol–water partition coefficient (Wildman–Crippen LogP) is 3.16. The third-order valence-corrected chi connectivity index (χ3v) is 1.54. The summed E-state index contributed by atoms with van der Waals surface area (Å²) in [6.07, 6.45) is 7.73. The molecular formula is C11H17N. The molecule has 66 valence electrons. The topological polar surface area (TPSA) is 12.4 Å². The van der Waals surface area contributed by atoms with Gasteiger partial charge in [0.25, 0.3) is 0 Å². The lowest BCUT2D eigenvalue weighted by atomic mass is 10.0. The van der Waals surface area contributed by atoms with Gasteiger partial charge >= 0.3 is 0 Å². The van der Waals surface area contributed by atoms with Crippen molar-refractivity contribution in [2.45, 2.75) is 19.8 Å². The molecule has 0 aromatic heterocycles. The molecule has 0 heterocycles. The van der Waals surface area contributed by atoms with Gasteiger partial charge in [0.15, 0.2) is 0 Å². The minimum Gasteiger partial charge on any atom is -0.296 e. The summed E-state index contributed by atoms with van der Waals surface area (Å²) >= 11 is 0. The van der Waals surface area contributed by atoms with Crippen LogP contribution in [0, 0.1) is 0 Å². The zero-order chi connectivity index (χ0) is 9.40. The fraction of sp³-hybridized carbons (Fsp3) is 0.364. The third kappa shape index (κ3) is 3.91. The molecule has 0 saturated heterocycles. The number of nitrogens with zero attached hydrogens (tertiary/aromatic N) is 1. The van der Waals surface area contributed by atoms with Crippen molar-refractivity contribution in [1.82, 2.24) is 0 Å². The van der Waals surface area contributed by atoms with Crippen molar-refractivity contribution < 1.29 is 0 Å². The normalized spacial score (nSPS) is 12.0. The van der Waals surface area contributed by atoms with Gasteiger partial charge in [-0.15, -0.1) is 0 Å². The Morgan fingerprint density at radius 2 is 2.17 bits per heavy atom. The molecule has 0 aromatic rings. The van der Waals surface area contributed by atoms with E-state index in [4.69, 9.17) is 0 Å². The van der Waals surface area contributed by atoms with E-state index >= 15 is 0 Å². The van der Waals surface area contributed by atoms with Crippen LogP contribution in [0.3, 0.4) is 0 Å². The molecule has 0 radical (unpaired) electrons. The quantitative estimate of drug-likeness (QED) is 0.436. The van der Waals surface area contributed by atoms with Crippen molar-refractivity contribution >= 4 is 6.21 Å². The number of allylic oxidation sites excluding steroid dienone is 4. The van der Waals surface area contributed by atoms with Gasteiger partial charge in [-0.3, -0.25) is 4.99 Å². The van der Waals surface area contributed by atoms with Crippen LogP contribution in [0.5, 0.6) is 0 Å². The van der Waals surface area contributed by atoms with Crippen molar-refractivity contribution in [1.29, 1.82) is 0 Å². The molecule has 0 aromatic carbocycles. The van der Waals surface area contributed by atoms with E-state index in [1.807, 2.05) is 6.08 Å². The molecule has 0 atom stereocenters. The van der Waals surface area contributed by atoms with Gasteiger partial charge in [0.2, 0.25) is 0 Å². The van der Waals surface area contributed by atoms with Crippen LogP contribution in [0.2, 0.25) is 0 Å². The standard InChI is InChI=1S/C11H17N/c1-5-7-11(8-6-2)10(3)9-12-4/h5,7,9H,1,3,6,8H2,2,4H3/b11-7-,12-9-. The molecule has 1 nitrogen and oxygen atoms in total. The Labute approximate surface area is 75.2 Å². The van der Waals surface area contributed by atoms with Crippen LogP contribution in [0.1, 0.15) is 19.8 Å². The van der Waals surface area contributed by atoms with Crippen molar-refractivity contribution in [3.63, 3.8) is 0 Å². The minimum absolute atomic E-state index is 0.985. The number of hydrogen-bond donors (Lipinski definition) is 0. The highest BCUT2D eigenvalue weighted by atomic mass is 14.6. The van der Waals surface area contributed by atoms with E-state index in [9.17, 15) is 0 Å². The van der Waals surface area contributed by atoms with E-state index in [2.05, 4.69) is 25.1 Å². The molecule has 0 rings (SSSR count). The number of aliphatic imine (C=N–C) groups is 1. The molecule has 0 aliphatic heterocycles. The van der Waals surface area contributed by atoms with Gasteiger partial charge in [-0.25, -0.2) is 0 Å². The fourth-order valence-electron chi connectivity index (χ4n) is 1.00. The van der Waals surface area contributed by atoms with Gasteiger partial charge < -0.3 is 0 Å². The molecule has 0 aliphatic carbocycles. The van der Waals surface area contributed by atoms with Crippen molar-refractivity contribution in [2.24, 2.45) is 4.99 Å². The fourth-order valence-corrected chi connectivity index (χ4v) is 1.00. The molecule has 0 amide bonds. The van der Waals surface area contributed by atoms with Crippen LogP contribution in [0.25, 0.3) is 0 Å². The lowest BCUT2D eigenvalue weighted by molar-refractivity contribution is 0.922. The van der Waals surface area contributed by atoms with E-state index < -0.39 is 0 Å². The van der Waals surface area contributed by atoms with Gasteiger partial charge in [-0.05, 0) is 17.6 Å². The first-order valence-corrected chi connectivity index (χ1v) is 4.19. The summed E-state index contributed by atoms with van der Waals surface area (Å²) < 4.78 is 0. The highest BCUT2D eigenvalue weighted by Crippen LogP contribution is 2.12. The molecule has 0 bridgehead atoms. The van der Waals surface area contributed by atoms with Gasteiger partial charge in [0.05, 0.1) is 0 Å². The Hall–Kier alpha value is -1.11. The van der Waals surface area contributed by atoms with Crippen LogP contribution in [0.4, 0.5) is 0 Å². The highest BCUT2D eigenvalue weighted by Gasteiger charge is 1.96. The predicted molar refractivity (Wildman–Crippen MR) is 56.7 cm³/mol. The smallest absolute Gasteiger partial charge is 0.0278 e. The first kappa shape index (κ1) is 10.9. The zero-order valence-electron chi connectivity index (χ0n) is 8.01. The van der Waals surface area contributed by atoms with Gasteiger partial charge in [-0.1, -0.05) is 38.7 Å².